The molecule has 3 amide bonds. The summed E-state index contributed by atoms with van der Waals surface area (Å²) in [4.78, 5) is 39.2. The van der Waals surface area contributed by atoms with E-state index in [0.29, 0.717) is 24.3 Å². The van der Waals surface area contributed by atoms with E-state index in [1.807, 2.05) is 18.3 Å². The Hall–Kier alpha value is -4.05. The molecule has 33 heavy (non-hydrogen) atoms. The van der Waals surface area contributed by atoms with Crippen LogP contribution in [0.2, 0.25) is 0 Å². The number of hydrogen-bond donors (Lipinski definition) is 6. The summed E-state index contributed by atoms with van der Waals surface area (Å²) in [5, 5.41) is 15.4. The number of carbonyl (C=O) groups is 3. The van der Waals surface area contributed by atoms with E-state index in [0.717, 1.165) is 16.5 Å². The summed E-state index contributed by atoms with van der Waals surface area (Å²) < 4.78 is 5.63. The van der Waals surface area contributed by atoms with Gasteiger partial charge in [-0.15, -0.1) is 0 Å². The van der Waals surface area contributed by atoms with Crippen molar-refractivity contribution in [3.63, 3.8) is 0 Å². The lowest BCUT2D eigenvalue weighted by molar-refractivity contribution is -0.130. The molecule has 0 unspecified atom stereocenters. The second-order valence-corrected chi connectivity index (χ2v) is 7.52. The van der Waals surface area contributed by atoms with E-state index >= 15 is 0 Å². The molecule has 3 aromatic rings. The average Bonchev–Trinajstić information content (AvgIpc) is 3.19. The first-order chi connectivity index (χ1) is 15.9. The average molecular weight is 453 g/mol. The third-order valence-corrected chi connectivity index (χ3v) is 4.99. The van der Waals surface area contributed by atoms with E-state index in [4.69, 9.17) is 16.2 Å². The number of hydrogen-bond acceptors (Lipinski definition) is 6. The Kier molecular flexibility index (Phi) is 7.87. The number of rotatable bonds is 11. The van der Waals surface area contributed by atoms with Crippen molar-refractivity contribution in [3.05, 3.63) is 59.8 Å². The lowest BCUT2D eigenvalue weighted by Gasteiger charge is -2.18. The van der Waals surface area contributed by atoms with E-state index in [1.54, 1.807) is 18.2 Å². The van der Waals surface area contributed by atoms with Crippen LogP contribution < -0.4 is 26.8 Å². The number of aromatic hydroxyl groups is 1. The van der Waals surface area contributed by atoms with Gasteiger partial charge in [0.1, 0.15) is 17.5 Å². The SMILES string of the molecule is NCCc1c[nH]c2ccc(OCC(=O)N[C@@H](Cc3ccc(O)cc3)C(=O)NCC(N)=O)cc12. The maximum Gasteiger partial charge on any atom is 0.258 e. The lowest BCUT2D eigenvalue weighted by atomic mass is 10.0. The number of fused-ring (bicyclic) bond motifs is 1. The maximum atomic E-state index is 12.5. The highest BCUT2D eigenvalue weighted by Crippen LogP contribution is 2.24. The lowest BCUT2D eigenvalue weighted by Crippen LogP contribution is -2.50. The summed E-state index contributed by atoms with van der Waals surface area (Å²) in [5.74, 6) is -1.18. The van der Waals surface area contributed by atoms with Gasteiger partial charge in [0, 0.05) is 23.5 Å². The first-order valence-electron chi connectivity index (χ1n) is 10.4. The van der Waals surface area contributed by atoms with Crippen LogP contribution in [0.1, 0.15) is 11.1 Å². The largest absolute Gasteiger partial charge is 0.508 e. The van der Waals surface area contributed by atoms with Crippen molar-refractivity contribution >= 4 is 28.6 Å². The summed E-state index contributed by atoms with van der Waals surface area (Å²) in [6, 6.07) is 10.7. The van der Waals surface area contributed by atoms with Crippen LogP contribution in [0.15, 0.2) is 48.7 Å². The van der Waals surface area contributed by atoms with E-state index in [2.05, 4.69) is 15.6 Å². The summed E-state index contributed by atoms with van der Waals surface area (Å²) >= 11 is 0. The van der Waals surface area contributed by atoms with Crippen molar-refractivity contribution in [2.75, 3.05) is 19.7 Å². The van der Waals surface area contributed by atoms with E-state index < -0.39 is 23.8 Å². The minimum Gasteiger partial charge on any atom is -0.508 e. The van der Waals surface area contributed by atoms with Gasteiger partial charge in [-0.1, -0.05) is 12.1 Å². The second-order valence-electron chi connectivity index (χ2n) is 7.52. The van der Waals surface area contributed by atoms with Crippen molar-refractivity contribution in [1.82, 2.24) is 15.6 Å². The third kappa shape index (κ3) is 6.71. The Morgan fingerprint density at radius 1 is 1.12 bits per heavy atom. The summed E-state index contributed by atoms with van der Waals surface area (Å²) in [7, 11) is 0. The monoisotopic (exact) mass is 453 g/mol. The number of amides is 3. The highest BCUT2D eigenvalue weighted by Gasteiger charge is 2.22. The van der Waals surface area contributed by atoms with Gasteiger partial charge in [-0.05, 0) is 54.4 Å². The minimum atomic E-state index is -0.965. The van der Waals surface area contributed by atoms with Crippen LogP contribution in [0.4, 0.5) is 0 Å². The molecule has 174 valence electrons. The number of aromatic nitrogens is 1. The van der Waals surface area contributed by atoms with Gasteiger partial charge in [0.2, 0.25) is 11.8 Å². The molecule has 0 aliphatic heterocycles. The number of phenols is 1. The number of carbonyl (C=O) groups excluding carboxylic acids is 3. The molecular weight excluding hydrogens is 426 g/mol. The first-order valence-corrected chi connectivity index (χ1v) is 10.4. The molecule has 10 heteroatoms. The fourth-order valence-corrected chi connectivity index (χ4v) is 3.37. The Morgan fingerprint density at radius 2 is 1.88 bits per heavy atom. The number of H-pyrrole nitrogens is 1. The van der Waals surface area contributed by atoms with Gasteiger partial charge < -0.3 is 36.9 Å². The fraction of sp³-hybridized carbons (Fsp3) is 0.261. The second kappa shape index (κ2) is 11.0. The molecule has 0 fully saturated rings. The van der Waals surface area contributed by atoms with Gasteiger partial charge in [0.25, 0.3) is 5.91 Å². The molecule has 1 aromatic heterocycles. The van der Waals surface area contributed by atoms with Crippen molar-refractivity contribution in [2.45, 2.75) is 18.9 Å². The number of aromatic amines is 1. The van der Waals surface area contributed by atoms with Crippen molar-refractivity contribution in [3.8, 4) is 11.5 Å². The number of primary amides is 1. The Labute approximate surface area is 190 Å². The molecule has 0 radical (unpaired) electrons. The Bertz CT molecular complexity index is 1130. The number of phenolic OH excluding ortho intramolecular Hbond substituents is 1. The number of benzene rings is 2. The number of nitrogens with two attached hydrogens (primary N) is 2. The maximum absolute atomic E-state index is 12.5. The topological polar surface area (TPSA) is 173 Å². The number of nitrogens with one attached hydrogen (secondary N) is 3. The zero-order valence-electron chi connectivity index (χ0n) is 18.0. The van der Waals surface area contributed by atoms with Crippen LogP contribution in [0.3, 0.4) is 0 Å². The molecule has 1 heterocycles. The van der Waals surface area contributed by atoms with Gasteiger partial charge in [0.05, 0.1) is 6.54 Å². The van der Waals surface area contributed by atoms with Gasteiger partial charge >= 0.3 is 0 Å². The van der Waals surface area contributed by atoms with Crippen LogP contribution in [0.25, 0.3) is 10.9 Å². The van der Waals surface area contributed by atoms with Gasteiger partial charge in [-0.2, -0.15) is 0 Å². The van der Waals surface area contributed by atoms with Crippen LogP contribution in [-0.4, -0.2) is 53.6 Å². The fourth-order valence-electron chi connectivity index (χ4n) is 3.37. The van der Waals surface area contributed by atoms with Crippen LogP contribution >= 0.6 is 0 Å². The molecule has 2 aromatic carbocycles. The van der Waals surface area contributed by atoms with Gasteiger partial charge in [-0.25, -0.2) is 0 Å². The highest BCUT2D eigenvalue weighted by atomic mass is 16.5. The van der Waals surface area contributed by atoms with E-state index in [-0.39, 0.29) is 25.3 Å². The molecule has 10 nitrogen and oxygen atoms in total. The molecule has 0 aliphatic carbocycles. The van der Waals surface area contributed by atoms with Crippen LogP contribution in [0, 0.1) is 0 Å². The standard InChI is InChI=1S/C23H27N5O5/c24-8-7-15-11-26-19-6-5-17(10-18(15)19)33-13-22(31)28-20(23(32)27-12-21(25)30)9-14-1-3-16(29)4-2-14/h1-6,10-11,20,26,29H,7-9,12-13,24H2,(H2,25,30)(H,27,32)(H,28,31)/t20-/m0/s1. The summed E-state index contributed by atoms with van der Waals surface area (Å²) in [6.45, 7) is -0.142. The molecule has 1 atom stereocenters. The summed E-state index contributed by atoms with van der Waals surface area (Å²) in [6.07, 6.45) is 2.75. The molecular formula is C23H27N5O5. The van der Waals surface area contributed by atoms with Crippen LogP contribution in [0.5, 0.6) is 11.5 Å². The van der Waals surface area contributed by atoms with Crippen molar-refractivity contribution < 1.29 is 24.2 Å². The molecule has 0 saturated heterocycles. The molecule has 0 spiro atoms. The zero-order chi connectivity index (χ0) is 23.8. The van der Waals surface area contributed by atoms with Gasteiger partial charge in [0.15, 0.2) is 6.61 Å². The van der Waals surface area contributed by atoms with Gasteiger partial charge in [-0.3, -0.25) is 14.4 Å². The Morgan fingerprint density at radius 3 is 2.58 bits per heavy atom. The smallest absolute Gasteiger partial charge is 0.258 e. The molecule has 3 rings (SSSR count). The third-order valence-electron chi connectivity index (χ3n) is 4.99. The van der Waals surface area contributed by atoms with Crippen molar-refractivity contribution in [1.29, 1.82) is 0 Å². The predicted molar refractivity (Wildman–Crippen MR) is 122 cm³/mol. The van der Waals surface area contributed by atoms with E-state index in [1.165, 1.54) is 12.1 Å². The molecule has 0 bridgehead atoms. The van der Waals surface area contributed by atoms with E-state index in [9.17, 15) is 19.5 Å². The van der Waals surface area contributed by atoms with Crippen molar-refractivity contribution in [2.24, 2.45) is 11.5 Å². The first kappa shape index (κ1) is 23.6. The highest BCUT2D eigenvalue weighted by molar-refractivity contribution is 5.91. The normalized spacial score (nSPS) is 11.7. The van der Waals surface area contributed by atoms with Crippen LogP contribution in [-0.2, 0) is 27.2 Å². The molecule has 8 N–H and O–H groups in total. The number of ether oxygens (including phenoxy) is 1. The summed E-state index contributed by atoms with van der Waals surface area (Å²) in [5.41, 5.74) is 13.4. The minimum absolute atomic E-state index is 0.0833. The molecule has 0 aliphatic rings. The molecule has 0 saturated carbocycles. The Balaban J connectivity index is 1.64. The quantitative estimate of drug-likeness (QED) is 0.240. The predicted octanol–water partition coefficient (Wildman–Crippen LogP) is 0.0825. The zero-order valence-corrected chi connectivity index (χ0v) is 18.0.